The van der Waals surface area contributed by atoms with Gasteiger partial charge in [-0.05, 0) is 26.2 Å². The average molecular weight is 197 g/mol. The predicted molar refractivity (Wildman–Crippen MR) is 53.7 cm³/mol. The van der Waals surface area contributed by atoms with Gasteiger partial charge in [-0.3, -0.25) is 4.79 Å². The van der Waals surface area contributed by atoms with Crippen molar-refractivity contribution in [1.82, 2.24) is 5.32 Å². The van der Waals surface area contributed by atoms with Crippen LogP contribution in [0.5, 0.6) is 0 Å². The first-order valence-electron chi connectivity index (χ1n) is 5.64. The van der Waals surface area contributed by atoms with Crippen LogP contribution in [-0.2, 0) is 9.53 Å². The van der Waals surface area contributed by atoms with Gasteiger partial charge in [0, 0.05) is 0 Å². The third kappa shape index (κ3) is 1.65. The molecule has 0 radical (unpaired) electrons. The minimum absolute atomic E-state index is 0.114. The summed E-state index contributed by atoms with van der Waals surface area (Å²) >= 11 is 0. The zero-order valence-electron chi connectivity index (χ0n) is 9.01. The molecule has 1 amide bonds. The smallest absolute Gasteiger partial charge is 0.227 e. The molecule has 3 atom stereocenters. The zero-order chi connectivity index (χ0) is 10.2. The van der Waals surface area contributed by atoms with Crippen LogP contribution in [0.2, 0.25) is 0 Å². The molecule has 1 saturated carbocycles. The van der Waals surface area contributed by atoms with E-state index in [1.807, 2.05) is 13.8 Å². The molecule has 1 heterocycles. The molecule has 2 rings (SSSR count). The molecular formula is C11H19NO2. The fourth-order valence-electron chi connectivity index (χ4n) is 2.43. The summed E-state index contributed by atoms with van der Waals surface area (Å²) in [5.74, 6) is 0.314. The highest BCUT2D eigenvalue weighted by Gasteiger charge is 2.43. The van der Waals surface area contributed by atoms with Crippen LogP contribution in [0.1, 0.15) is 46.0 Å². The monoisotopic (exact) mass is 197 g/mol. The number of rotatable bonds is 1. The van der Waals surface area contributed by atoms with Gasteiger partial charge in [0.05, 0.1) is 12.0 Å². The Bertz CT molecular complexity index is 241. The van der Waals surface area contributed by atoms with E-state index < -0.39 is 5.72 Å². The minimum atomic E-state index is -0.421. The van der Waals surface area contributed by atoms with E-state index in [4.69, 9.17) is 4.74 Å². The van der Waals surface area contributed by atoms with Crippen LogP contribution in [0, 0.1) is 5.92 Å². The van der Waals surface area contributed by atoms with Crippen LogP contribution >= 0.6 is 0 Å². The summed E-state index contributed by atoms with van der Waals surface area (Å²) in [6.45, 7) is 4.01. The highest BCUT2D eigenvalue weighted by atomic mass is 16.5. The lowest BCUT2D eigenvalue weighted by Crippen LogP contribution is -2.60. The van der Waals surface area contributed by atoms with Gasteiger partial charge >= 0.3 is 0 Å². The number of hydrogen-bond donors (Lipinski definition) is 1. The summed E-state index contributed by atoms with van der Waals surface area (Å²) in [6.07, 6.45) is 5.42. The first-order chi connectivity index (χ1) is 6.64. The molecular weight excluding hydrogens is 178 g/mol. The summed E-state index contributed by atoms with van der Waals surface area (Å²) in [4.78, 5) is 11.8. The second kappa shape index (κ2) is 3.54. The Morgan fingerprint density at radius 2 is 2.21 bits per heavy atom. The SMILES string of the molecule is CC[C@]1(C)NC(=O)[C@@H]2CCCC[C@@H]2O1. The maximum absolute atomic E-state index is 11.8. The number of fused-ring (bicyclic) bond motifs is 1. The number of carbonyl (C=O) groups excluding carboxylic acids is 1. The summed E-state index contributed by atoms with van der Waals surface area (Å²) in [6, 6.07) is 0. The Kier molecular flexibility index (Phi) is 2.52. The molecule has 0 aromatic heterocycles. The molecule has 14 heavy (non-hydrogen) atoms. The van der Waals surface area contributed by atoms with Crippen molar-refractivity contribution in [2.24, 2.45) is 5.92 Å². The molecule has 0 bridgehead atoms. The van der Waals surface area contributed by atoms with E-state index in [0.29, 0.717) is 0 Å². The second-order valence-corrected chi connectivity index (χ2v) is 4.62. The third-order valence-corrected chi connectivity index (χ3v) is 3.51. The van der Waals surface area contributed by atoms with Gasteiger partial charge in [-0.15, -0.1) is 0 Å². The molecule has 80 valence electrons. The predicted octanol–water partition coefficient (Wildman–Crippen LogP) is 1.82. The normalized spacial score (nSPS) is 42.9. The average Bonchev–Trinajstić information content (AvgIpc) is 2.18. The van der Waals surface area contributed by atoms with E-state index in [1.165, 1.54) is 12.8 Å². The molecule has 0 aromatic carbocycles. The van der Waals surface area contributed by atoms with Crippen molar-refractivity contribution in [2.75, 3.05) is 0 Å². The van der Waals surface area contributed by atoms with Crippen molar-refractivity contribution in [1.29, 1.82) is 0 Å². The Morgan fingerprint density at radius 1 is 1.50 bits per heavy atom. The fourth-order valence-corrected chi connectivity index (χ4v) is 2.43. The van der Waals surface area contributed by atoms with Gasteiger partial charge in [0.2, 0.25) is 5.91 Å². The molecule has 1 N–H and O–H groups in total. The van der Waals surface area contributed by atoms with E-state index in [9.17, 15) is 4.79 Å². The van der Waals surface area contributed by atoms with E-state index in [0.717, 1.165) is 19.3 Å². The number of ether oxygens (including phenoxy) is 1. The van der Waals surface area contributed by atoms with Crippen molar-refractivity contribution >= 4 is 5.91 Å². The van der Waals surface area contributed by atoms with Crippen LogP contribution in [0.3, 0.4) is 0 Å². The van der Waals surface area contributed by atoms with Gasteiger partial charge in [0.1, 0.15) is 5.72 Å². The summed E-state index contributed by atoms with van der Waals surface area (Å²) in [5.41, 5.74) is -0.421. The molecule has 0 aromatic rings. The standard InChI is InChI=1S/C11H19NO2/c1-3-11(2)12-10(13)8-6-4-5-7-9(8)14-11/h8-9H,3-7H2,1-2H3,(H,12,13)/t8-,9+,11-/m1/s1. The number of hydrogen-bond acceptors (Lipinski definition) is 2. The van der Waals surface area contributed by atoms with E-state index in [2.05, 4.69) is 5.32 Å². The van der Waals surface area contributed by atoms with Crippen LogP contribution in [0.25, 0.3) is 0 Å². The van der Waals surface area contributed by atoms with Gasteiger partial charge in [-0.25, -0.2) is 0 Å². The lowest BCUT2D eigenvalue weighted by Gasteiger charge is -2.44. The molecule has 1 aliphatic heterocycles. The van der Waals surface area contributed by atoms with Crippen LogP contribution in [0.4, 0.5) is 0 Å². The maximum Gasteiger partial charge on any atom is 0.227 e. The largest absolute Gasteiger partial charge is 0.352 e. The molecule has 1 saturated heterocycles. The maximum atomic E-state index is 11.8. The quantitative estimate of drug-likeness (QED) is 0.696. The van der Waals surface area contributed by atoms with Crippen LogP contribution in [0.15, 0.2) is 0 Å². The number of carbonyl (C=O) groups is 1. The Morgan fingerprint density at radius 3 is 2.93 bits per heavy atom. The Balaban J connectivity index is 2.11. The van der Waals surface area contributed by atoms with E-state index in [-0.39, 0.29) is 17.9 Å². The van der Waals surface area contributed by atoms with Gasteiger partial charge in [-0.1, -0.05) is 19.8 Å². The van der Waals surface area contributed by atoms with E-state index in [1.54, 1.807) is 0 Å². The topological polar surface area (TPSA) is 38.3 Å². The molecule has 2 fully saturated rings. The summed E-state index contributed by atoms with van der Waals surface area (Å²) in [5, 5.41) is 2.98. The molecule has 2 aliphatic rings. The van der Waals surface area contributed by atoms with Gasteiger partial charge in [-0.2, -0.15) is 0 Å². The minimum Gasteiger partial charge on any atom is -0.352 e. The van der Waals surface area contributed by atoms with Crippen LogP contribution in [-0.4, -0.2) is 17.7 Å². The van der Waals surface area contributed by atoms with Gasteiger partial charge in [0.25, 0.3) is 0 Å². The van der Waals surface area contributed by atoms with Crippen molar-refractivity contribution in [3.63, 3.8) is 0 Å². The first-order valence-corrected chi connectivity index (χ1v) is 5.64. The lowest BCUT2D eigenvalue weighted by atomic mass is 9.83. The Hall–Kier alpha value is -0.570. The zero-order valence-corrected chi connectivity index (χ0v) is 9.01. The molecule has 3 heteroatoms. The lowest BCUT2D eigenvalue weighted by molar-refractivity contribution is -0.184. The summed E-state index contributed by atoms with van der Waals surface area (Å²) < 4.78 is 5.97. The fraction of sp³-hybridized carbons (Fsp3) is 0.909. The first kappa shape index (κ1) is 9.97. The highest BCUT2D eigenvalue weighted by molar-refractivity contribution is 5.80. The molecule has 0 spiro atoms. The molecule has 0 unspecified atom stereocenters. The van der Waals surface area contributed by atoms with Gasteiger partial charge in [0.15, 0.2) is 0 Å². The van der Waals surface area contributed by atoms with Crippen molar-refractivity contribution in [3.05, 3.63) is 0 Å². The van der Waals surface area contributed by atoms with Crippen molar-refractivity contribution in [2.45, 2.75) is 57.8 Å². The number of amides is 1. The van der Waals surface area contributed by atoms with Crippen molar-refractivity contribution < 1.29 is 9.53 Å². The second-order valence-electron chi connectivity index (χ2n) is 4.62. The summed E-state index contributed by atoms with van der Waals surface area (Å²) in [7, 11) is 0. The Labute approximate surface area is 85.2 Å². The van der Waals surface area contributed by atoms with Crippen LogP contribution < -0.4 is 5.32 Å². The van der Waals surface area contributed by atoms with Crippen molar-refractivity contribution in [3.8, 4) is 0 Å². The third-order valence-electron chi connectivity index (χ3n) is 3.51. The molecule has 1 aliphatic carbocycles. The highest BCUT2D eigenvalue weighted by Crippen LogP contribution is 2.34. The number of nitrogens with one attached hydrogen (secondary N) is 1. The molecule has 3 nitrogen and oxygen atoms in total. The van der Waals surface area contributed by atoms with E-state index >= 15 is 0 Å². The van der Waals surface area contributed by atoms with Gasteiger partial charge < -0.3 is 10.1 Å².